The van der Waals surface area contributed by atoms with Crippen LogP contribution in [0.25, 0.3) is 10.9 Å². The molecule has 2 aliphatic heterocycles. The Morgan fingerprint density at radius 2 is 1.65 bits per heavy atom. The molecule has 1 saturated heterocycles. The molecule has 4 heterocycles. The van der Waals surface area contributed by atoms with Crippen LogP contribution in [0.2, 0.25) is 5.02 Å². The molecular weight excluding hydrogens is 648 g/mol. The highest BCUT2D eigenvalue weighted by Crippen LogP contribution is 2.53. The number of nitrogens with zero attached hydrogens (tertiary/aromatic N) is 6. The zero-order valence-corrected chi connectivity index (χ0v) is 28.4. The van der Waals surface area contributed by atoms with Crippen LogP contribution in [0.5, 0.6) is 5.75 Å². The Hall–Kier alpha value is -4.55. The number of rotatable bonds is 8. The largest absolute Gasteiger partial charge is 0.496 e. The first-order valence-electron chi connectivity index (χ1n) is 15.6. The molecule has 2 aliphatic rings. The maximum absolute atomic E-state index is 15.6. The van der Waals surface area contributed by atoms with Gasteiger partial charge in [-0.25, -0.2) is 12.7 Å². The van der Waals surface area contributed by atoms with Crippen molar-refractivity contribution in [1.29, 1.82) is 0 Å². The molecule has 246 valence electrons. The number of ether oxygens (including phenoxy) is 1. The number of benzene rings is 3. The van der Waals surface area contributed by atoms with Gasteiger partial charge in [-0.3, -0.25) is 19.7 Å². The summed E-state index contributed by atoms with van der Waals surface area (Å²) in [7, 11) is 1.03. The Labute approximate surface area is 285 Å². The van der Waals surface area contributed by atoms with Crippen LogP contribution in [0.3, 0.4) is 0 Å². The summed E-state index contributed by atoms with van der Waals surface area (Å²) < 4.78 is 36.7. The van der Waals surface area contributed by atoms with E-state index in [1.165, 1.54) is 6.07 Å². The fourth-order valence-corrected chi connectivity index (χ4v) is 8.86. The number of carbonyl (C=O) groups is 1. The number of anilines is 2. The summed E-state index contributed by atoms with van der Waals surface area (Å²) in [4.78, 5) is 30.4. The first-order valence-corrected chi connectivity index (χ1v) is 17.4. The smallest absolute Gasteiger partial charge is 0.273 e. The number of pyridine rings is 2. The van der Waals surface area contributed by atoms with E-state index in [9.17, 15) is 8.42 Å². The molecule has 5 aromatic rings. The van der Waals surface area contributed by atoms with Crippen molar-refractivity contribution in [2.45, 2.75) is 17.0 Å². The molecule has 1 unspecified atom stereocenters. The van der Waals surface area contributed by atoms with Crippen LogP contribution < -0.4 is 13.9 Å². The number of hydrogen-bond acceptors (Lipinski definition) is 9. The van der Waals surface area contributed by atoms with E-state index >= 15 is 4.79 Å². The molecule has 0 bridgehead atoms. The predicted octanol–water partition coefficient (Wildman–Crippen LogP) is 5.15. The third-order valence-electron chi connectivity index (χ3n) is 9.11. The highest BCUT2D eigenvalue weighted by Gasteiger charge is 2.60. The van der Waals surface area contributed by atoms with Gasteiger partial charge >= 0.3 is 0 Å². The molecule has 1 fully saturated rings. The number of sulfonamides is 1. The minimum atomic E-state index is -4.48. The molecule has 48 heavy (non-hydrogen) atoms. The van der Waals surface area contributed by atoms with Gasteiger partial charge in [-0.1, -0.05) is 35.9 Å². The van der Waals surface area contributed by atoms with Gasteiger partial charge in [0, 0.05) is 78.5 Å². The minimum Gasteiger partial charge on any atom is -0.496 e. The van der Waals surface area contributed by atoms with Crippen molar-refractivity contribution in [3.8, 4) is 5.75 Å². The molecule has 0 radical (unpaired) electrons. The van der Waals surface area contributed by atoms with Gasteiger partial charge in [0.1, 0.15) is 10.6 Å². The van der Waals surface area contributed by atoms with Crippen LogP contribution >= 0.6 is 11.6 Å². The van der Waals surface area contributed by atoms with Crippen LogP contribution in [-0.4, -0.2) is 81.5 Å². The highest BCUT2D eigenvalue weighted by molar-refractivity contribution is 7.93. The lowest BCUT2D eigenvalue weighted by Gasteiger charge is -2.46. The van der Waals surface area contributed by atoms with E-state index in [0.717, 1.165) is 15.6 Å². The Kier molecular flexibility index (Phi) is 8.32. The lowest BCUT2D eigenvalue weighted by molar-refractivity contribution is -0.127. The van der Waals surface area contributed by atoms with Gasteiger partial charge in [0.05, 0.1) is 18.3 Å². The molecule has 7 rings (SSSR count). The Bertz CT molecular complexity index is 2120. The van der Waals surface area contributed by atoms with Crippen LogP contribution in [0, 0.1) is 0 Å². The summed E-state index contributed by atoms with van der Waals surface area (Å²) in [6, 6.07) is 23.2. The number of amides is 1. The first kappa shape index (κ1) is 32.0. The van der Waals surface area contributed by atoms with Crippen molar-refractivity contribution >= 4 is 49.8 Å². The Morgan fingerprint density at radius 1 is 0.896 bits per heavy atom. The molecule has 10 nitrogen and oxygen atoms in total. The van der Waals surface area contributed by atoms with Crippen molar-refractivity contribution in [2.75, 3.05) is 56.6 Å². The maximum Gasteiger partial charge on any atom is 0.273 e. The van der Waals surface area contributed by atoms with E-state index in [0.29, 0.717) is 60.0 Å². The van der Waals surface area contributed by atoms with Gasteiger partial charge in [0.15, 0.2) is 5.54 Å². The van der Waals surface area contributed by atoms with Crippen molar-refractivity contribution in [2.24, 2.45) is 0 Å². The van der Waals surface area contributed by atoms with E-state index in [-0.39, 0.29) is 16.1 Å². The number of aromatic nitrogens is 2. The number of halogens is 1. The summed E-state index contributed by atoms with van der Waals surface area (Å²) in [5.74, 6) is -0.148. The Balaban J connectivity index is 1.46. The Morgan fingerprint density at radius 3 is 2.38 bits per heavy atom. The van der Waals surface area contributed by atoms with Crippen molar-refractivity contribution in [1.82, 2.24) is 19.8 Å². The molecule has 3 aromatic carbocycles. The van der Waals surface area contributed by atoms with Gasteiger partial charge in [0.25, 0.3) is 15.9 Å². The van der Waals surface area contributed by atoms with Crippen LogP contribution in [-0.2, 0) is 26.9 Å². The normalized spacial score (nSPS) is 18.5. The number of carbonyl (C=O) groups excluding carboxylic acids is 1. The van der Waals surface area contributed by atoms with Crippen LogP contribution in [0.15, 0.2) is 102 Å². The van der Waals surface area contributed by atoms with Crippen molar-refractivity contribution in [3.05, 3.63) is 119 Å². The quantitative estimate of drug-likeness (QED) is 0.220. The summed E-state index contributed by atoms with van der Waals surface area (Å²) in [5.41, 5.74) is 1.97. The number of hydrogen-bond donors (Lipinski definition) is 0. The fraction of sp³-hybridized carbons (Fsp3) is 0.250. The summed E-state index contributed by atoms with van der Waals surface area (Å²) in [6.45, 7) is 2.68. The average molecular weight is 683 g/mol. The van der Waals surface area contributed by atoms with Crippen LogP contribution in [0.1, 0.15) is 16.7 Å². The molecule has 1 amide bonds. The monoisotopic (exact) mass is 682 g/mol. The standard InChI is InChI=1S/C36H35ClN6O4S/c1-40(2)24-25-9-12-32(47-3)30(22-25)36(42-20-18-41(19-21-42)28-13-16-38-17-14-28)29-23-27(37)10-11-31(29)43(35(36)44)48(45,46)33-8-4-6-26-7-5-15-39-34(26)33/h4-17,22-23H,18-21,24H2,1-3H3. The second-order valence-electron chi connectivity index (χ2n) is 12.2. The molecule has 0 N–H and O–H groups in total. The SMILES string of the molecule is COc1ccc(CN(C)C)cc1C1(N2CCN(c3ccncc3)CC2)C(=O)N(S(=O)(=O)c2cccc3cccnc23)c2ccc(Cl)cc21. The lowest BCUT2D eigenvalue weighted by Crippen LogP contribution is -2.60. The van der Waals surface area contributed by atoms with E-state index in [1.807, 2.05) is 49.3 Å². The summed E-state index contributed by atoms with van der Waals surface area (Å²) in [5, 5.41) is 1.04. The third-order valence-corrected chi connectivity index (χ3v) is 11.1. The average Bonchev–Trinajstić information content (AvgIpc) is 3.36. The van der Waals surface area contributed by atoms with Gasteiger partial charge in [0.2, 0.25) is 0 Å². The predicted molar refractivity (Wildman–Crippen MR) is 187 cm³/mol. The van der Waals surface area contributed by atoms with Crippen LogP contribution in [0.4, 0.5) is 11.4 Å². The van der Waals surface area contributed by atoms with Gasteiger partial charge in [-0.15, -0.1) is 0 Å². The maximum atomic E-state index is 15.6. The van der Waals surface area contributed by atoms with Gasteiger partial charge < -0.3 is 14.5 Å². The molecular formula is C36H35ClN6O4S. The second kappa shape index (κ2) is 12.5. The molecule has 0 saturated carbocycles. The minimum absolute atomic E-state index is 0.0542. The number of piperazine rings is 1. The van der Waals surface area contributed by atoms with E-state index in [1.54, 1.807) is 68.2 Å². The molecule has 0 spiro atoms. The summed E-state index contributed by atoms with van der Waals surface area (Å²) in [6.07, 6.45) is 5.07. The molecule has 12 heteroatoms. The van der Waals surface area contributed by atoms with Gasteiger partial charge in [-0.2, -0.15) is 0 Å². The zero-order chi connectivity index (χ0) is 33.6. The number of fused-ring (bicyclic) bond motifs is 2. The molecule has 2 aromatic heterocycles. The lowest BCUT2D eigenvalue weighted by atomic mass is 9.80. The fourth-order valence-electron chi connectivity index (χ4n) is 7.06. The van der Waals surface area contributed by atoms with E-state index < -0.39 is 21.5 Å². The van der Waals surface area contributed by atoms with Crippen molar-refractivity contribution < 1.29 is 17.9 Å². The zero-order valence-electron chi connectivity index (χ0n) is 26.9. The number of para-hydroxylation sites is 1. The molecule has 1 atom stereocenters. The first-order chi connectivity index (χ1) is 23.2. The second-order valence-corrected chi connectivity index (χ2v) is 14.4. The highest BCUT2D eigenvalue weighted by atomic mass is 35.5. The third kappa shape index (κ3) is 5.18. The molecule has 0 aliphatic carbocycles. The van der Waals surface area contributed by atoms with Crippen molar-refractivity contribution in [3.63, 3.8) is 0 Å². The van der Waals surface area contributed by atoms with E-state index in [2.05, 4.69) is 19.8 Å². The van der Waals surface area contributed by atoms with Gasteiger partial charge in [-0.05, 0) is 74.3 Å². The van der Waals surface area contributed by atoms with E-state index in [4.69, 9.17) is 16.3 Å². The number of methoxy groups -OCH3 is 1. The summed E-state index contributed by atoms with van der Waals surface area (Å²) >= 11 is 6.70. The topological polar surface area (TPSA) is 99.2 Å².